The van der Waals surface area contributed by atoms with Crippen molar-refractivity contribution < 1.29 is 22.7 Å². The number of para-hydroxylation sites is 1. The normalized spacial score (nSPS) is 15.1. The molecule has 0 aromatic heterocycles. The van der Waals surface area contributed by atoms with Crippen LogP contribution in [0.25, 0.3) is 0 Å². The van der Waals surface area contributed by atoms with E-state index >= 15 is 0 Å². The number of ether oxygens (including phenoxy) is 2. The zero-order chi connectivity index (χ0) is 22.4. The number of carbonyl (C=O) groups is 1. The van der Waals surface area contributed by atoms with Gasteiger partial charge in [-0.15, -0.1) is 0 Å². The second-order valence-corrected chi connectivity index (χ2v) is 9.70. The predicted octanol–water partition coefficient (Wildman–Crippen LogP) is 2.95. The Bertz CT molecular complexity index is 1010. The molecule has 0 aliphatic carbocycles. The predicted molar refractivity (Wildman–Crippen MR) is 119 cm³/mol. The summed E-state index contributed by atoms with van der Waals surface area (Å²) in [5.74, 6) is 0.810. The van der Waals surface area contributed by atoms with Crippen molar-refractivity contribution in [3.8, 4) is 5.75 Å². The first-order chi connectivity index (χ1) is 14.8. The van der Waals surface area contributed by atoms with E-state index in [-0.39, 0.29) is 10.8 Å². The summed E-state index contributed by atoms with van der Waals surface area (Å²) in [6.07, 6.45) is 0. The molecule has 2 aromatic carbocycles. The second-order valence-electron chi connectivity index (χ2n) is 7.79. The topological polar surface area (TPSA) is 84.9 Å². The first-order valence-electron chi connectivity index (χ1n) is 10.5. The fourth-order valence-corrected chi connectivity index (χ4v) is 5.12. The van der Waals surface area contributed by atoms with E-state index < -0.39 is 10.0 Å². The number of nitrogens with one attached hydrogen (secondary N) is 1. The van der Waals surface area contributed by atoms with Crippen molar-refractivity contribution in [2.75, 3.05) is 39.5 Å². The van der Waals surface area contributed by atoms with Gasteiger partial charge in [0.1, 0.15) is 12.4 Å². The Morgan fingerprint density at radius 2 is 1.87 bits per heavy atom. The number of amides is 1. The van der Waals surface area contributed by atoms with E-state index in [0.717, 1.165) is 11.3 Å². The lowest BCUT2D eigenvalue weighted by Gasteiger charge is -2.26. The van der Waals surface area contributed by atoms with Gasteiger partial charge in [-0.2, -0.15) is 4.31 Å². The minimum atomic E-state index is -3.67. The van der Waals surface area contributed by atoms with E-state index in [4.69, 9.17) is 9.47 Å². The number of hydrogen-bond acceptors (Lipinski definition) is 5. The Morgan fingerprint density at radius 3 is 2.58 bits per heavy atom. The van der Waals surface area contributed by atoms with Crippen molar-refractivity contribution in [1.29, 1.82) is 0 Å². The van der Waals surface area contributed by atoms with Crippen LogP contribution in [0.5, 0.6) is 5.75 Å². The molecule has 1 N–H and O–H groups in total. The lowest BCUT2D eigenvalue weighted by atomic mass is 10.0. The molecule has 31 heavy (non-hydrogen) atoms. The third-order valence-corrected chi connectivity index (χ3v) is 7.27. The second kappa shape index (κ2) is 10.3. The van der Waals surface area contributed by atoms with Gasteiger partial charge >= 0.3 is 0 Å². The van der Waals surface area contributed by atoms with Crippen molar-refractivity contribution in [3.05, 3.63) is 59.2 Å². The molecular formula is C23H30N2O5S. The Labute approximate surface area is 184 Å². The highest BCUT2D eigenvalue weighted by Crippen LogP contribution is 2.26. The Morgan fingerprint density at radius 1 is 1.16 bits per heavy atom. The van der Waals surface area contributed by atoms with Crippen LogP contribution in [-0.2, 0) is 14.8 Å². The third-order valence-electron chi connectivity index (χ3n) is 5.22. The Kier molecular flexibility index (Phi) is 7.69. The number of hydrogen-bond donors (Lipinski definition) is 1. The summed E-state index contributed by atoms with van der Waals surface area (Å²) in [5.41, 5.74) is 2.03. The molecule has 1 aliphatic heterocycles. The molecule has 7 nitrogen and oxygen atoms in total. The first kappa shape index (κ1) is 23.2. The summed E-state index contributed by atoms with van der Waals surface area (Å²) in [6, 6.07) is 12.6. The number of morpholine rings is 1. The van der Waals surface area contributed by atoms with E-state index in [1.807, 2.05) is 24.3 Å². The molecule has 0 bridgehead atoms. The van der Waals surface area contributed by atoms with Gasteiger partial charge in [-0.3, -0.25) is 4.79 Å². The van der Waals surface area contributed by atoms with Crippen molar-refractivity contribution in [2.45, 2.75) is 31.6 Å². The van der Waals surface area contributed by atoms with E-state index in [9.17, 15) is 13.2 Å². The standard InChI is InChI=1S/C23H30N2O5S/c1-17(2)20-6-4-5-7-21(20)30-13-10-24-23(26)19-9-8-18(3)22(16-19)31(27,28)25-11-14-29-15-12-25/h4-9,16-17H,10-15H2,1-3H3,(H,24,26). The maximum Gasteiger partial charge on any atom is 0.251 e. The number of nitrogens with zero attached hydrogens (tertiary/aromatic N) is 1. The van der Waals surface area contributed by atoms with Gasteiger partial charge in [0.25, 0.3) is 5.91 Å². The van der Waals surface area contributed by atoms with Gasteiger partial charge in [0.2, 0.25) is 10.0 Å². The molecule has 1 amide bonds. The van der Waals surface area contributed by atoms with Crippen LogP contribution in [0.15, 0.2) is 47.4 Å². The number of aryl methyl sites for hydroxylation is 1. The minimum Gasteiger partial charge on any atom is -0.491 e. The van der Waals surface area contributed by atoms with E-state index in [1.54, 1.807) is 19.1 Å². The maximum absolute atomic E-state index is 13.0. The average Bonchev–Trinajstić information content (AvgIpc) is 2.77. The summed E-state index contributed by atoms with van der Waals surface area (Å²) in [5, 5.41) is 2.80. The zero-order valence-electron chi connectivity index (χ0n) is 18.3. The molecule has 0 radical (unpaired) electrons. The highest BCUT2D eigenvalue weighted by atomic mass is 32.2. The van der Waals surface area contributed by atoms with Crippen LogP contribution in [0.1, 0.15) is 41.3 Å². The molecule has 168 valence electrons. The van der Waals surface area contributed by atoms with Crippen molar-refractivity contribution in [2.24, 2.45) is 0 Å². The monoisotopic (exact) mass is 446 g/mol. The molecule has 0 saturated carbocycles. The lowest BCUT2D eigenvalue weighted by molar-refractivity contribution is 0.0730. The van der Waals surface area contributed by atoms with Gasteiger partial charge in [0, 0.05) is 18.7 Å². The summed E-state index contributed by atoms with van der Waals surface area (Å²) < 4.78 is 38.5. The van der Waals surface area contributed by atoms with Crippen LogP contribution in [0, 0.1) is 6.92 Å². The van der Waals surface area contributed by atoms with Crippen molar-refractivity contribution >= 4 is 15.9 Å². The highest BCUT2D eigenvalue weighted by molar-refractivity contribution is 7.89. The Hall–Kier alpha value is -2.42. The SMILES string of the molecule is Cc1ccc(C(=O)NCCOc2ccccc2C(C)C)cc1S(=O)(=O)N1CCOCC1. The van der Waals surface area contributed by atoms with Gasteiger partial charge in [0.05, 0.1) is 24.7 Å². The fraction of sp³-hybridized carbons (Fsp3) is 0.435. The van der Waals surface area contributed by atoms with Gasteiger partial charge in [-0.25, -0.2) is 8.42 Å². The molecule has 1 heterocycles. The van der Waals surface area contributed by atoms with Crippen LogP contribution < -0.4 is 10.1 Å². The van der Waals surface area contributed by atoms with E-state index in [1.165, 1.54) is 10.4 Å². The van der Waals surface area contributed by atoms with Crippen molar-refractivity contribution in [3.63, 3.8) is 0 Å². The van der Waals surface area contributed by atoms with Crippen LogP contribution in [0.2, 0.25) is 0 Å². The van der Waals surface area contributed by atoms with Crippen molar-refractivity contribution in [1.82, 2.24) is 9.62 Å². The molecule has 8 heteroatoms. The summed E-state index contributed by atoms with van der Waals surface area (Å²) in [4.78, 5) is 12.8. The maximum atomic E-state index is 13.0. The van der Waals surface area contributed by atoms with Gasteiger partial charge in [-0.1, -0.05) is 38.1 Å². The summed E-state index contributed by atoms with van der Waals surface area (Å²) in [7, 11) is -3.67. The van der Waals surface area contributed by atoms with Gasteiger partial charge < -0.3 is 14.8 Å². The number of benzene rings is 2. The summed E-state index contributed by atoms with van der Waals surface area (Å²) in [6.45, 7) is 7.94. The molecular weight excluding hydrogens is 416 g/mol. The molecule has 3 rings (SSSR count). The molecule has 0 atom stereocenters. The first-order valence-corrected chi connectivity index (χ1v) is 11.9. The number of sulfonamides is 1. The lowest BCUT2D eigenvalue weighted by Crippen LogP contribution is -2.41. The molecule has 1 aliphatic rings. The smallest absolute Gasteiger partial charge is 0.251 e. The third kappa shape index (κ3) is 5.64. The fourth-order valence-electron chi connectivity index (χ4n) is 3.46. The number of rotatable bonds is 8. The van der Waals surface area contributed by atoms with E-state index in [2.05, 4.69) is 19.2 Å². The molecule has 1 fully saturated rings. The van der Waals surface area contributed by atoms with Crippen LogP contribution in [0.3, 0.4) is 0 Å². The minimum absolute atomic E-state index is 0.157. The average molecular weight is 447 g/mol. The van der Waals surface area contributed by atoms with Crippen LogP contribution in [-0.4, -0.2) is 58.1 Å². The number of carbonyl (C=O) groups excluding carboxylic acids is 1. The zero-order valence-corrected chi connectivity index (χ0v) is 19.1. The molecule has 0 spiro atoms. The van der Waals surface area contributed by atoms with Crippen LogP contribution in [0.4, 0.5) is 0 Å². The summed E-state index contributed by atoms with van der Waals surface area (Å²) >= 11 is 0. The molecule has 1 saturated heterocycles. The largest absolute Gasteiger partial charge is 0.491 e. The molecule has 0 unspecified atom stereocenters. The quantitative estimate of drug-likeness (QED) is 0.630. The van der Waals surface area contributed by atoms with Gasteiger partial charge in [0.15, 0.2) is 0 Å². The van der Waals surface area contributed by atoms with Gasteiger partial charge in [-0.05, 0) is 42.2 Å². The molecule has 2 aromatic rings. The van der Waals surface area contributed by atoms with E-state index in [0.29, 0.717) is 56.5 Å². The Balaban J connectivity index is 1.63. The van der Waals surface area contributed by atoms with Crippen LogP contribution >= 0.6 is 0 Å². The highest BCUT2D eigenvalue weighted by Gasteiger charge is 2.28.